The molecule has 19 heavy (non-hydrogen) atoms. The van der Waals surface area contributed by atoms with Crippen LogP contribution in [0.15, 0.2) is 28.7 Å². The number of benzene rings is 1. The second-order valence-corrected chi connectivity index (χ2v) is 7.01. The van der Waals surface area contributed by atoms with Crippen LogP contribution in [0, 0.1) is 0 Å². The van der Waals surface area contributed by atoms with Crippen molar-refractivity contribution in [3.05, 3.63) is 34.3 Å². The molecule has 0 aliphatic carbocycles. The number of nitrogens with two attached hydrogens (primary N) is 1. The van der Waals surface area contributed by atoms with Gasteiger partial charge in [-0.1, -0.05) is 28.1 Å². The van der Waals surface area contributed by atoms with Crippen LogP contribution in [0.25, 0.3) is 0 Å². The molecule has 2 rings (SSSR count). The fourth-order valence-corrected chi connectivity index (χ4v) is 3.00. The molecule has 0 bridgehead atoms. The van der Waals surface area contributed by atoms with Gasteiger partial charge in [-0.05, 0) is 63.4 Å². The van der Waals surface area contributed by atoms with Gasteiger partial charge in [-0.25, -0.2) is 0 Å². The number of rotatable bonds is 3. The first kappa shape index (κ1) is 17.0. The lowest BCUT2D eigenvalue weighted by molar-refractivity contribution is 0.179. The van der Waals surface area contributed by atoms with E-state index in [1.807, 2.05) is 0 Å². The normalized spacial score (nSPS) is 18.1. The molecule has 1 aromatic carbocycles. The Morgan fingerprint density at radius 1 is 1.21 bits per heavy atom. The van der Waals surface area contributed by atoms with Crippen molar-refractivity contribution in [2.45, 2.75) is 38.1 Å². The molecule has 1 saturated heterocycles. The lowest BCUT2D eigenvalue weighted by Crippen LogP contribution is -2.47. The Morgan fingerprint density at radius 3 is 2.21 bits per heavy atom. The molecule has 1 aromatic rings. The van der Waals surface area contributed by atoms with Gasteiger partial charge in [-0.3, -0.25) is 0 Å². The largest absolute Gasteiger partial charge is 0.324 e. The summed E-state index contributed by atoms with van der Waals surface area (Å²) in [6.07, 6.45) is 2.50. The van der Waals surface area contributed by atoms with E-state index in [2.05, 4.69) is 58.9 Å². The van der Waals surface area contributed by atoms with Crippen LogP contribution in [0.2, 0.25) is 0 Å². The van der Waals surface area contributed by atoms with E-state index in [0.717, 1.165) is 16.9 Å². The zero-order valence-electron chi connectivity index (χ0n) is 11.7. The van der Waals surface area contributed by atoms with Crippen LogP contribution in [0.1, 0.15) is 38.2 Å². The molecule has 4 heteroatoms. The van der Waals surface area contributed by atoms with Crippen molar-refractivity contribution in [3.63, 3.8) is 0 Å². The summed E-state index contributed by atoms with van der Waals surface area (Å²) in [5.74, 6) is 0.718. The number of likely N-dealkylation sites (tertiary alicyclic amines) is 1. The van der Waals surface area contributed by atoms with Crippen LogP contribution in [-0.2, 0) is 0 Å². The number of hydrogen-bond acceptors (Lipinski definition) is 2. The van der Waals surface area contributed by atoms with Crippen molar-refractivity contribution in [3.8, 4) is 0 Å². The van der Waals surface area contributed by atoms with Crippen molar-refractivity contribution in [2.75, 3.05) is 19.6 Å². The van der Waals surface area contributed by atoms with Crippen molar-refractivity contribution in [1.29, 1.82) is 0 Å². The van der Waals surface area contributed by atoms with E-state index in [-0.39, 0.29) is 17.9 Å². The molecule has 0 unspecified atom stereocenters. The van der Waals surface area contributed by atoms with Gasteiger partial charge in [0.15, 0.2) is 0 Å². The van der Waals surface area contributed by atoms with Crippen LogP contribution in [-0.4, -0.2) is 30.1 Å². The van der Waals surface area contributed by atoms with Gasteiger partial charge in [0.1, 0.15) is 0 Å². The second kappa shape index (κ2) is 7.07. The molecular weight excluding hydrogens is 324 g/mol. The standard InChI is InChI=1S/C15H23BrN2.ClH/c1-15(2,17)11-18-9-7-13(8-10-18)12-3-5-14(16)6-4-12;/h3-6,13H,7-11,17H2,1-2H3;1H. The van der Waals surface area contributed by atoms with Crippen molar-refractivity contribution < 1.29 is 0 Å². The number of nitrogens with zero attached hydrogens (tertiary/aromatic N) is 1. The summed E-state index contributed by atoms with van der Waals surface area (Å²) in [7, 11) is 0. The van der Waals surface area contributed by atoms with Crippen molar-refractivity contribution in [1.82, 2.24) is 4.90 Å². The minimum atomic E-state index is -0.0789. The molecule has 1 aliphatic rings. The summed E-state index contributed by atoms with van der Waals surface area (Å²) in [6, 6.07) is 8.78. The van der Waals surface area contributed by atoms with E-state index in [1.165, 1.54) is 31.5 Å². The first-order valence-corrected chi connectivity index (χ1v) is 7.50. The summed E-state index contributed by atoms with van der Waals surface area (Å²) >= 11 is 3.49. The average Bonchev–Trinajstić information content (AvgIpc) is 2.29. The van der Waals surface area contributed by atoms with Crippen LogP contribution < -0.4 is 5.73 Å². The highest BCUT2D eigenvalue weighted by atomic mass is 79.9. The predicted octanol–water partition coefficient (Wildman–Crippen LogP) is 3.79. The lowest BCUT2D eigenvalue weighted by atomic mass is 9.89. The van der Waals surface area contributed by atoms with Gasteiger partial charge in [-0.15, -0.1) is 12.4 Å². The van der Waals surface area contributed by atoms with Gasteiger partial charge in [0, 0.05) is 16.6 Å². The average molecular weight is 348 g/mol. The monoisotopic (exact) mass is 346 g/mol. The highest BCUT2D eigenvalue weighted by Crippen LogP contribution is 2.29. The number of halogens is 2. The van der Waals surface area contributed by atoms with Crippen LogP contribution in [0.5, 0.6) is 0 Å². The maximum absolute atomic E-state index is 6.08. The van der Waals surface area contributed by atoms with E-state index in [4.69, 9.17) is 5.73 Å². The molecule has 1 heterocycles. The Kier molecular flexibility index (Phi) is 6.31. The Morgan fingerprint density at radius 2 is 1.74 bits per heavy atom. The summed E-state index contributed by atoms with van der Waals surface area (Å²) < 4.78 is 1.16. The fraction of sp³-hybridized carbons (Fsp3) is 0.600. The summed E-state index contributed by atoms with van der Waals surface area (Å²) in [4.78, 5) is 2.50. The molecule has 1 aliphatic heterocycles. The van der Waals surface area contributed by atoms with Gasteiger partial charge in [-0.2, -0.15) is 0 Å². The topological polar surface area (TPSA) is 29.3 Å². The molecule has 0 saturated carbocycles. The minimum Gasteiger partial charge on any atom is -0.324 e. The van der Waals surface area contributed by atoms with Gasteiger partial charge in [0.25, 0.3) is 0 Å². The predicted molar refractivity (Wildman–Crippen MR) is 88.1 cm³/mol. The second-order valence-electron chi connectivity index (χ2n) is 6.09. The van der Waals surface area contributed by atoms with Gasteiger partial charge in [0.05, 0.1) is 0 Å². The molecule has 1 fully saturated rings. The maximum Gasteiger partial charge on any atom is 0.0226 e. The van der Waals surface area contributed by atoms with Crippen LogP contribution in [0.4, 0.5) is 0 Å². The smallest absolute Gasteiger partial charge is 0.0226 e. The summed E-state index contributed by atoms with van der Waals surface area (Å²) in [5, 5.41) is 0. The molecule has 0 radical (unpaired) electrons. The zero-order chi connectivity index (χ0) is 13.2. The van der Waals surface area contributed by atoms with Gasteiger partial charge >= 0.3 is 0 Å². The third-order valence-corrected chi connectivity index (χ3v) is 4.09. The first-order chi connectivity index (χ1) is 8.44. The molecule has 0 amide bonds. The highest BCUT2D eigenvalue weighted by molar-refractivity contribution is 9.10. The Labute approximate surface area is 131 Å². The maximum atomic E-state index is 6.08. The highest BCUT2D eigenvalue weighted by Gasteiger charge is 2.23. The SMILES string of the molecule is CC(C)(N)CN1CCC(c2ccc(Br)cc2)CC1.Cl. The van der Waals surface area contributed by atoms with Crippen LogP contribution >= 0.6 is 28.3 Å². The van der Waals surface area contributed by atoms with Crippen molar-refractivity contribution >= 4 is 28.3 Å². The number of piperidine rings is 1. The van der Waals surface area contributed by atoms with E-state index >= 15 is 0 Å². The summed E-state index contributed by atoms with van der Waals surface area (Å²) in [6.45, 7) is 7.55. The van der Waals surface area contributed by atoms with E-state index in [9.17, 15) is 0 Å². The molecule has 0 atom stereocenters. The molecule has 0 spiro atoms. The first-order valence-electron chi connectivity index (χ1n) is 6.71. The summed E-state index contributed by atoms with van der Waals surface area (Å²) in [5.41, 5.74) is 7.48. The molecular formula is C15H24BrClN2. The third-order valence-electron chi connectivity index (χ3n) is 3.56. The Hall–Kier alpha value is -0.0900. The molecule has 2 N–H and O–H groups in total. The molecule has 2 nitrogen and oxygen atoms in total. The van der Waals surface area contributed by atoms with Crippen molar-refractivity contribution in [2.24, 2.45) is 5.73 Å². The van der Waals surface area contributed by atoms with Gasteiger partial charge in [0.2, 0.25) is 0 Å². The van der Waals surface area contributed by atoms with Crippen LogP contribution in [0.3, 0.4) is 0 Å². The fourth-order valence-electron chi connectivity index (χ4n) is 2.74. The number of hydrogen-bond donors (Lipinski definition) is 1. The third kappa shape index (κ3) is 5.42. The molecule has 0 aromatic heterocycles. The van der Waals surface area contributed by atoms with Gasteiger partial charge < -0.3 is 10.6 Å². The Balaban J connectivity index is 0.00000180. The Bertz CT molecular complexity index is 378. The lowest BCUT2D eigenvalue weighted by Gasteiger charge is -2.36. The van der Waals surface area contributed by atoms with E-state index < -0.39 is 0 Å². The zero-order valence-corrected chi connectivity index (χ0v) is 14.1. The minimum absolute atomic E-state index is 0. The quantitative estimate of drug-likeness (QED) is 0.901. The van der Waals surface area contributed by atoms with E-state index in [0.29, 0.717) is 0 Å². The molecule has 108 valence electrons. The van der Waals surface area contributed by atoms with E-state index in [1.54, 1.807) is 0 Å².